The molecule has 4 aliphatic carbocycles. The van der Waals surface area contributed by atoms with Crippen molar-refractivity contribution >= 4 is 5.97 Å². The first-order valence-electron chi connectivity index (χ1n) is 14.2. The van der Waals surface area contributed by atoms with Gasteiger partial charge in [-0.2, -0.15) is 0 Å². The van der Waals surface area contributed by atoms with Crippen LogP contribution in [-0.2, 0) is 19.0 Å². The smallest absolute Gasteiger partial charge is 0.302 e. The highest BCUT2D eigenvalue weighted by atomic mass is 16.7. The molecule has 0 aromatic heterocycles. The van der Waals surface area contributed by atoms with Gasteiger partial charge in [0, 0.05) is 19.3 Å². The van der Waals surface area contributed by atoms with Crippen molar-refractivity contribution in [3.05, 3.63) is 0 Å². The largest absolute Gasteiger partial charge is 0.463 e. The van der Waals surface area contributed by atoms with Crippen LogP contribution in [0, 0.1) is 52.3 Å². The number of carbonyl (C=O) groups excluding carboxylic acids is 1. The zero-order valence-corrected chi connectivity index (χ0v) is 21.6. The summed E-state index contributed by atoms with van der Waals surface area (Å²) >= 11 is 0. The summed E-state index contributed by atoms with van der Waals surface area (Å²) in [6, 6.07) is 0. The Morgan fingerprint density at radius 1 is 0.909 bits per heavy atom. The van der Waals surface area contributed by atoms with Crippen LogP contribution in [0.2, 0.25) is 0 Å². The average Bonchev–Trinajstić information content (AvgIpc) is 3.21. The Balaban J connectivity index is 1.21. The minimum atomic E-state index is -0.300. The van der Waals surface area contributed by atoms with Crippen LogP contribution in [0.5, 0.6) is 0 Å². The number of rotatable bonds is 1. The summed E-state index contributed by atoms with van der Waals surface area (Å²) in [5, 5.41) is 0. The van der Waals surface area contributed by atoms with Crippen molar-refractivity contribution in [2.45, 2.75) is 117 Å². The Morgan fingerprint density at radius 3 is 2.42 bits per heavy atom. The van der Waals surface area contributed by atoms with E-state index in [1.54, 1.807) is 6.92 Å². The lowest BCUT2D eigenvalue weighted by Crippen LogP contribution is -2.55. The van der Waals surface area contributed by atoms with Crippen LogP contribution in [0.3, 0.4) is 0 Å². The predicted molar refractivity (Wildman–Crippen MR) is 127 cm³/mol. The highest BCUT2D eigenvalue weighted by Crippen LogP contribution is 2.71. The summed E-state index contributed by atoms with van der Waals surface area (Å²) in [6.45, 7) is 12.4. The van der Waals surface area contributed by atoms with Gasteiger partial charge in [0.25, 0.3) is 0 Å². The molecule has 6 fully saturated rings. The third kappa shape index (κ3) is 3.25. The first kappa shape index (κ1) is 22.8. The molecule has 33 heavy (non-hydrogen) atoms. The summed E-state index contributed by atoms with van der Waals surface area (Å²) in [6.07, 6.45) is 12.9. The number of hydrogen-bond donors (Lipinski definition) is 0. The standard InChI is InChI=1S/C29H46O4/c1-17-8-13-29(31-16-17)18(2)26-25(33-29)15-24-22-7-6-20-14-21(32-19(3)30)9-11-27(20,4)23(22)10-12-28(24,26)5/h17-18,20-26H,6-16H2,1-5H3/t17?,18?,20-,21-,22?,23?,24?,25+,26?,27+,28+,29?/m1/s1. The third-order valence-corrected chi connectivity index (χ3v) is 12.2. The lowest BCUT2D eigenvalue weighted by Gasteiger charge is -2.61. The monoisotopic (exact) mass is 458 g/mol. The topological polar surface area (TPSA) is 44.8 Å². The molecule has 6 aliphatic rings. The van der Waals surface area contributed by atoms with Gasteiger partial charge in [0.2, 0.25) is 0 Å². The summed E-state index contributed by atoms with van der Waals surface area (Å²) in [7, 11) is 0. The molecular formula is C29H46O4. The molecule has 4 saturated carbocycles. The molecule has 2 aliphatic heterocycles. The first-order chi connectivity index (χ1) is 15.7. The van der Waals surface area contributed by atoms with Crippen LogP contribution in [0.4, 0.5) is 0 Å². The van der Waals surface area contributed by atoms with E-state index in [0.717, 1.165) is 49.5 Å². The molecule has 2 saturated heterocycles. The minimum absolute atomic E-state index is 0.105. The molecule has 0 amide bonds. The maximum Gasteiger partial charge on any atom is 0.302 e. The van der Waals surface area contributed by atoms with E-state index in [0.29, 0.717) is 34.7 Å². The number of fused-ring (bicyclic) bond motifs is 7. The zero-order chi connectivity index (χ0) is 23.2. The van der Waals surface area contributed by atoms with Crippen molar-refractivity contribution < 1.29 is 19.0 Å². The van der Waals surface area contributed by atoms with Gasteiger partial charge in [0.05, 0.1) is 12.7 Å². The molecule has 0 N–H and O–H groups in total. The molecule has 0 bridgehead atoms. The van der Waals surface area contributed by atoms with Gasteiger partial charge in [0.15, 0.2) is 5.79 Å². The van der Waals surface area contributed by atoms with Crippen LogP contribution < -0.4 is 0 Å². The van der Waals surface area contributed by atoms with Crippen LogP contribution in [0.25, 0.3) is 0 Å². The second-order valence-corrected chi connectivity index (χ2v) is 13.7. The number of esters is 1. The van der Waals surface area contributed by atoms with Crippen molar-refractivity contribution in [2.24, 2.45) is 52.3 Å². The molecule has 7 unspecified atom stereocenters. The minimum Gasteiger partial charge on any atom is -0.463 e. The van der Waals surface area contributed by atoms with Gasteiger partial charge in [-0.1, -0.05) is 27.7 Å². The van der Waals surface area contributed by atoms with Crippen LogP contribution in [0.1, 0.15) is 98.8 Å². The summed E-state index contributed by atoms with van der Waals surface area (Å²) in [4.78, 5) is 11.5. The predicted octanol–water partition coefficient (Wildman–Crippen LogP) is 6.36. The molecule has 0 aromatic rings. The second kappa shape index (κ2) is 7.69. The molecule has 0 radical (unpaired) electrons. The lowest BCUT2D eigenvalue weighted by atomic mass is 9.44. The van der Waals surface area contributed by atoms with Crippen LogP contribution >= 0.6 is 0 Å². The van der Waals surface area contributed by atoms with Crippen LogP contribution in [0.15, 0.2) is 0 Å². The van der Waals surface area contributed by atoms with E-state index >= 15 is 0 Å². The molecule has 2 heterocycles. The lowest BCUT2D eigenvalue weighted by molar-refractivity contribution is -0.273. The molecule has 4 heteroatoms. The number of hydrogen-bond acceptors (Lipinski definition) is 4. The molecule has 6 rings (SSSR count). The van der Waals surface area contributed by atoms with Gasteiger partial charge < -0.3 is 14.2 Å². The van der Waals surface area contributed by atoms with E-state index in [-0.39, 0.29) is 17.9 Å². The highest BCUT2D eigenvalue weighted by molar-refractivity contribution is 5.66. The SMILES string of the molecule is CC(=O)O[C@@H]1CC[C@]2(C)C3CC[C@@]4(C)C(C[C@@H]5OC6(CCC(C)CO6)C(C)C54)C3CC[C@@H]2C1. The fourth-order valence-electron chi connectivity index (χ4n) is 10.6. The van der Waals surface area contributed by atoms with Crippen molar-refractivity contribution in [3.8, 4) is 0 Å². The fraction of sp³-hybridized carbons (Fsp3) is 0.966. The van der Waals surface area contributed by atoms with Crippen molar-refractivity contribution in [1.29, 1.82) is 0 Å². The quantitative estimate of drug-likeness (QED) is 0.429. The van der Waals surface area contributed by atoms with E-state index in [1.165, 1.54) is 44.9 Å². The van der Waals surface area contributed by atoms with E-state index in [2.05, 4.69) is 27.7 Å². The average molecular weight is 459 g/mol. The molecule has 186 valence electrons. The van der Waals surface area contributed by atoms with E-state index < -0.39 is 0 Å². The Morgan fingerprint density at radius 2 is 1.70 bits per heavy atom. The zero-order valence-electron chi connectivity index (χ0n) is 21.6. The summed E-state index contributed by atoms with van der Waals surface area (Å²) in [5.41, 5.74) is 0.828. The Bertz CT molecular complexity index is 786. The molecule has 0 aromatic carbocycles. The molecule has 12 atom stereocenters. The number of ether oxygens (including phenoxy) is 3. The molecule has 4 nitrogen and oxygen atoms in total. The maximum atomic E-state index is 11.5. The maximum absolute atomic E-state index is 11.5. The van der Waals surface area contributed by atoms with E-state index in [9.17, 15) is 4.79 Å². The van der Waals surface area contributed by atoms with Gasteiger partial charge in [-0.3, -0.25) is 4.79 Å². The van der Waals surface area contributed by atoms with Crippen molar-refractivity contribution in [2.75, 3.05) is 6.61 Å². The molecule has 1 spiro atoms. The number of carbonyl (C=O) groups is 1. The third-order valence-electron chi connectivity index (χ3n) is 12.2. The van der Waals surface area contributed by atoms with Crippen molar-refractivity contribution in [1.82, 2.24) is 0 Å². The van der Waals surface area contributed by atoms with Crippen molar-refractivity contribution in [3.63, 3.8) is 0 Å². The van der Waals surface area contributed by atoms with E-state index in [4.69, 9.17) is 14.2 Å². The fourth-order valence-corrected chi connectivity index (χ4v) is 10.6. The Kier molecular flexibility index (Phi) is 5.32. The second-order valence-electron chi connectivity index (χ2n) is 13.7. The Labute approximate surface area is 200 Å². The van der Waals surface area contributed by atoms with Gasteiger partial charge in [-0.15, -0.1) is 0 Å². The van der Waals surface area contributed by atoms with Crippen LogP contribution in [-0.4, -0.2) is 30.6 Å². The molecular weight excluding hydrogens is 412 g/mol. The van der Waals surface area contributed by atoms with E-state index in [1.807, 2.05) is 0 Å². The normalized spacial score (nSPS) is 57.7. The summed E-state index contributed by atoms with van der Waals surface area (Å²) in [5.74, 6) is 4.63. The van der Waals surface area contributed by atoms with Gasteiger partial charge >= 0.3 is 5.97 Å². The highest BCUT2D eigenvalue weighted by Gasteiger charge is 2.69. The van der Waals surface area contributed by atoms with Gasteiger partial charge in [0.1, 0.15) is 6.10 Å². The summed E-state index contributed by atoms with van der Waals surface area (Å²) < 4.78 is 19.1. The van der Waals surface area contributed by atoms with Gasteiger partial charge in [-0.25, -0.2) is 0 Å². The van der Waals surface area contributed by atoms with Gasteiger partial charge in [-0.05, 0) is 104 Å². The first-order valence-corrected chi connectivity index (χ1v) is 14.2. The Hall–Kier alpha value is -0.610.